The van der Waals surface area contributed by atoms with Crippen LogP contribution in [0.5, 0.6) is 0 Å². The Labute approximate surface area is 88.7 Å². The van der Waals surface area contributed by atoms with Gasteiger partial charge >= 0.3 is 0 Å². The molecular weight excluding hydrogens is 196 g/mol. The van der Waals surface area contributed by atoms with Gasteiger partial charge in [0.05, 0.1) is 0 Å². The minimum Gasteiger partial charge on any atom is -0.357 e. The van der Waals surface area contributed by atoms with Crippen LogP contribution in [-0.2, 0) is 9.53 Å². The van der Waals surface area contributed by atoms with Crippen molar-refractivity contribution in [2.45, 2.75) is 23.7 Å². The maximum absolute atomic E-state index is 10.9. The zero-order valence-corrected chi connectivity index (χ0v) is 9.21. The average molecular weight is 210 g/mol. The van der Waals surface area contributed by atoms with E-state index < -0.39 is 4.93 Å². The van der Waals surface area contributed by atoms with Crippen molar-refractivity contribution in [3.8, 4) is 0 Å². The first kappa shape index (κ1) is 11.3. The van der Waals surface area contributed by atoms with Crippen LogP contribution in [0.2, 0.25) is 0 Å². The number of carbonyl (C=O) groups is 1. The zero-order valence-electron chi connectivity index (χ0n) is 8.40. The van der Waals surface area contributed by atoms with E-state index in [2.05, 4.69) is 0 Å². The molecule has 1 rings (SSSR count). The van der Waals surface area contributed by atoms with Gasteiger partial charge in [0.25, 0.3) is 0 Å². The third kappa shape index (κ3) is 3.16. The van der Waals surface area contributed by atoms with E-state index in [1.165, 1.54) is 11.8 Å². The molecule has 76 valence electrons. The molecule has 0 spiro atoms. The lowest BCUT2D eigenvalue weighted by Gasteiger charge is -2.21. The molecule has 0 heterocycles. The van der Waals surface area contributed by atoms with Crippen LogP contribution in [0.4, 0.5) is 0 Å². The number of aldehydes is 1. The minimum absolute atomic E-state index is 0.537. The summed E-state index contributed by atoms with van der Waals surface area (Å²) in [6.45, 7) is 4.20. The zero-order chi connectivity index (χ0) is 10.4. The molecule has 0 amide bonds. The van der Waals surface area contributed by atoms with Crippen LogP contribution in [0.15, 0.2) is 35.2 Å². The van der Waals surface area contributed by atoms with Crippen molar-refractivity contribution < 1.29 is 9.53 Å². The summed E-state index contributed by atoms with van der Waals surface area (Å²) in [7, 11) is 0. The van der Waals surface area contributed by atoms with Gasteiger partial charge in [0.15, 0.2) is 11.2 Å². The summed E-state index contributed by atoms with van der Waals surface area (Å²) in [5, 5.41) is 0. The van der Waals surface area contributed by atoms with E-state index in [0.717, 1.165) is 11.2 Å². The van der Waals surface area contributed by atoms with Crippen LogP contribution in [0, 0.1) is 0 Å². The summed E-state index contributed by atoms with van der Waals surface area (Å²) in [6, 6.07) is 9.76. The highest BCUT2D eigenvalue weighted by molar-refractivity contribution is 8.01. The van der Waals surface area contributed by atoms with E-state index in [4.69, 9.17) is 4.74 Å². The molecule has 0 N–H and O–H groups in total. The summed E-state index contributed by atoms with van der Waals surface area (Å²) in [4.78, 5) is 11.1. The summed E-state index contributed by atoms with van der Waals surface area (Å²) in [5.74, 6) is 0. The Morgan fingerprint density at radius 2 is 2.07 bits per heavy atom. The fourth-order valence-electron chi connectivity index (χ4n) is 1.10. The maximum Gasteiger partial charge on any atom is 0.170 e. The Bertz CT molecular complexity index is 287. The van der Waals surface area contributed by atoms with Crippen LogP contribution < -0.4 is 0 Å². The monoisotopic (exact) mass is 210 g/mol. The average Bonchev–Trinajstić information content (AvgIpc) is 2.20. The normalized spacial score (nSPS) is 14.7. The molecule has 1 aromatic carbocycles. The Hall–Kier alpha value is -0.800. The predicted octanol–water partition coefficient (Wildman–Crippen LogP) is 2.73. The number of benzene rings is 1. The highest BCUT2D eigenvalue weighted by atomic mass is 32.2. The second-order valence-corrected chi connectivity index (χ2v) is 4.47. The van der Waals surface area contributed by atoms with Gasteiger partial charge in [-0.2, -0.15) is 0 Å². The first-order valence-electron chi connectivity index (χ1n) is 4.54. The third-order valence-electron chi connectivity index (χ3n) is 1.71. The van der Waals surface area contributed by atoms with Crippen molar-refractivity contribution in [1.82, 2.24) is 0 Å². The number of rotatable bonds is 5. The molecule has 0 bridgehead atoms. The first-order valence-corrected chi connectivity index (χ1v) is 5.36. The van der Waals surface area contributed by atoms with E-state index in [9.17, 15) is 4.79 Å². The molecule has 0 radical (unpaired) electrons. The van der Waals surface area contributed by atoms with E-state index >= 15 is 0 Å². The van der Waals surface area contributed by atoms with Crippen molar-refractivity contribution in [3.63, 3.8) is 0 Å². The molecule has 0 aliphatic rings. The molecule has 0 aliphatic carbocycles. The Morgan fingerprint density at radius 3 is 2.57 bits per heavy atom. The quantitative estimate of drug-likeness (QED) is 0.424. The van der Waals surface area contributed by atoms with Crippen molar-refractivity contribution in [1.29, 1.82) is 0 Å². The summed E-state index contributed by atoms with van der Waals surface area (Å²) in [6.07, 6.45) is 0.841. The molecule has 0 aliphatic heterocycles. The maximum atomic E-state index is 10.9. The first-order chi connectivity index (χ1) is 6.70. The number of ether oxygens (including phenoxy) is 1. The molecular formula is C11H14O2S. The van der Waals surface area contributed by atoms with Gasteiger partial charge in [-0.3, -0.25) is 4.79 Å². The van der Waals surface area contributed by atoms with E-state index in [1.807, 2.05) is 37.3 Å². The van der Waals surface area contributed by atoms with Gasteiger partial charge < -0.3 is 4.74 Å². The summed E-state index contributed by atoms with van der Waals surface area (Å²) >= 11 is 1.43. The van der Waals surface area contributed by atoms with Crippen LogP contribution >= 0.6 is 11.8 Å². The molecule has 0 saturated carbocycles. The highest BCUT2D eigenvalue weighted by Gasteiger charge is 2.24. The smallest absolute Gasteiger partial charge is 0.170 e. The van der Waals surface area contributed by atoms with Gasteiger partial charge in [-0.25, -0.2) is 0 Å². The predicted molar refractivity (Wildman–Crippen MR) is 58.4 cm³/mol. The molecule has 3 heteroatoms. The lowest BCUT2D eigenvalue weighted by Crippen LogP contribution is -2.26. The lowest BCUT2D eigenvalue weighted by atomic mass is 10.4. The van der Waals surface area contributed by atoms with Gasteiger partial charge in [0.1, 0.15) is 0 Å². The molecule has 1 unspecified atom stereocenters. The second kappa shape index (κ2) is 5.17. The molecule has 1 atom stereocenters. The van der Waals surface area contributed by atoms with Crippen molar-refractivity contribution in [2.75, 3.05) is 6.61 Å². The SMILES string of the molecule is CCOC(C)(C=O)Sc1ccccc1. The molecule has 1 aromatic rings. The molecule has 14 heavy (non-hydrogen) atoms. The standard InChI is InChI=1S/C11H14O2S/c1-3-13-11(2,9-12)14-10-7-5-4-6-8-10/h4-9H,3H2,1-2H3. The summed E-state index contributed by atoms with van der Waals surface area (Å²) < 4.78 is 5.38. The summed E-state index contributed by atoms with van der Waals surface area (Å²) in [5.41, 5.74) is 0. The van der Waals surface area contributed by atoms with E-state index in [0.29, 0.717) is 6.61 Å². The Morgan fingerprint density at radius 1 is 1.43 bits per heavy atom. The number of hydrogen-bond donors (Lipinski definition) is 0. The molecule has 0 saturated heterocycles. The highest BCUT2D eigenvalue weighted by Crippen LogP contribution is 2.31. The molecule has 0 aromatic heterocycles. The van der Waals surface area contributed by atoms with Crippen LogP contribution in [0.1, 0.15) is 13.8 Å². The second-order valence-electron chi connectivity index (χ2n) is 2.98. The Balaban J connectivity index is 2.70. The van der Waals surface area contributed by atoms with Crippen molar-refractivity contribution in [2.24, 2.45) is 0 Å². The molecule has 0 fully saturated rings. The topological polar surface area (TPSA) is 26.3 Å². The number of carbonyl (C=O) groups excluding carboxylic acids is 1. The Kier molecular flexibility index (Phi) is 4.17. The van der Waals surface area contributed by atoms with Crippen molar-refractivity contribution in [3.05, 3.63) is 30.3 Å². The van der Waals surface area contributed by atoms with Crippen LogP contribution in [0.25, 0.3) is 0 Å². The fourth-order valence-corrected chi connectivity index (χ4v) is 2.08. The fraction of sp³-hybridized carbons (Fsp3) is 0.364. The van der Waals surface area contributed by atoms with Gasteiger partial charge in [-0.05, 0) is 26.0 Å². The van der Waals surface area contributed by atoms with Crippen LogP contribution in [0.3, 0.4) is 0 Å². The minimum atomic E-state index is -0.768. The van der Waals surface area contributed by atoms with Gasteiger partial charge in [0, 0.05) is 11.5 Å². The number of hydrogen-bond acceptors (Lipinski definition) is 3. The van der Waals surface area contributed by atoms with Gasteiger partial charge in [0.2, 0.25) is 0 Å². The molecule has 2 nitrogen and oxygen atoms in total. The lowest BCUT2D eigenvalue weighted by molar-refractivity contribution is -0.119. The van der Waals surface area contributed by atoms with Crippen LogP contribution in [-0.4, -0.2) is 17.8 Å². The van der Waals surface area contributed by atoms with E-state index in [-0.39, 0.29) is 0 Å². The van der Waals surface area contributed by atoms with Gasteiger partial charge in [-0.1, -0.05) is 30.0 Å². The van der Waals surface area contributed by atoms with E-state index in [1.54, 1.807) is 6.92 Å². The number of thioether (sulfide) groups is 1. The largest absolute Gasteiger partial charge is 0.357 e. The van der Waals surface area contributed by atoms with Gasteiger partial charge in [-0.15, -0.1) is 0 Å². The third-order valence-corrected chi connectivity index (χ3v) is 2.84. The van der Waals surface area contributed by atoms with Crippen molar-refractivity contribution >= 4 is 18.0 Å².